The summed E-state index contributed by atoms with van der Waals surface area (Å²) in [6.07, 6.45) is 0.497. The zero-order valence-electron chi connectivity index (χ0n) is 15.8. The molecule has 0 saturated carbocycles. The van der Waals surface area contributed by atoms with Gasteiger partial charge in [0.25, 0.3) is 5.91 Å². The van der Waals surface area contributed by atoms with Crippen molar-refractivity contribution in [3.05, 3.63) is 57.1 Å². The summed E-state index contributed by atoms with van der Waals surface area (Å²) in [5.41, 5.74) is 1.42. The minimum Gasteiger partial charge on any atom is -0.464 e. The van der Waals surface area contributed by atoms with Crippen LogP contribution < -0.4 is 11.0 Å². The largest absolute Gasteiger partial charge is 0.464 e. The van der Waals surface area contributed by atoms with Crippen LogP contribution in [0.25, 0.3) is 11.0 Å². The van der Waals surface area contributed by atoms with Crippen molar-refractivity contribution >= 4 is 34.2 Å². The van der Waals surface area contributed by atoms with E-state index in [0.29, 0.717) is 17.8 Å². The number of imidazole rings is 1. The third-order valence-electron chi connectivity index (χ3n) is 4.40. The number of aromatic amines is 1. The predicted molar refractivity (Wildman–Crippen MR) is 109 cm³/mol. The minimum atomic E-state index is -0.717. The average Bonchev–Trinajstić information content (AvgIpc) is 3.30. The van der Waals surface area contributed by atoms with Gasteiger partial charge >= 0.3 is 11.7 Å². The van der Waals surface area contributed by atoms with E-state index in [1.54, 1.807) is 16.7 Å². The summed E-state index contributed by atoms with van der Waals surface area (Å²) in [5.74, 6) is -0.852. The number of ether oxygens (including phenoxy) is 1. The van der Waals surface area contributed by atoms with Crippen LogP contribution in [0.2, 0.25) is 0 Å². The Morgan fingerprint density at radius 3 is 2.71 bits per heavy atom. The number of benzene rings is 1. The van der Waals surface area contributed by atoms with Crippen LogP contribution >= 0.6 is 11.3 Å². The number of carbonyl (C=O) groups excluding carboxylic acids is 2. The van der Waals surface area contributed by atoms with Crippen LogP contribution in [0.15, 0.2) is 46.6 Å². The number of hydrogen-bond donors (Lipinski definition) is 2. The van der Waals surface area contributed by atoms with Crippen LogP contribution in [0, 0.1) is 5.92 Å². The van der Waals surface area contributed by atoms with E-state index < -0.39 is 12.0 Å². The fourth-order valence-corrected chi connectivity index (χ4v) is 3.56. The van der Waals surface area contributed by atoms with Gasteiger partial charge in [0.1, 0.15) is 6.04 Å². The molecule has 3 aromatic rings. The molecule has 2 N–H and O–H groups in total. The Morgan fingerprint density at radius 2 is 2.00 bits per heavy atom. The third kappa shape index (κ3) is 4.51. The lowest BCUT2D eigenvalue weighted by Gasteiger charge is -2.20. The Labute approximate surface area is 166 Å². The molecule has 0 aliphatic carbocycles. The highest BCUT2D eigenvalue weighted by atomic mass is 32.1. The van der Waals surface area contributed by atoms with Crippen molar-refractivity contribution in [1.82, 2.24) is 14.9 Å². The molecule has 8 heteroatoms. The molecule has 7 nitrogen and oxygen atoms in total. The van der Waals surface area contributed by atoms with Crippen molar-refractivity contribution in [2.45, 2.75) is 32.9 Å². The molecule has 1 aromatic carbocycles. The van der Waals surface area contributed by atoms with Gasteiger partial charge in [-0.15, -0.1) is 11.3 Å². The van der Waals surface area contributed by atoms with Gasteiger partial charge in [0.05, 0.1) is 22.5 Å². The number of fused-ring (bicyclic) bond motifs is 1. The topological polar surface area (TPSA) is 93.2 Å². The van der Waals surface area contributed by atoms with Crippen molar-refractivity contribution in [2.24, 2.45) is 5.92 Å². The van der Waals surface area contributed by atoms with Crippen LogP contribution in [0.1, 0.15) is 29.9 Å². The number of nitrogens with zero attached hydrogens (tertiary/aromatic N) is 1. The molecule has 1 atom stereocenters. The van der Waals surface area contributed by atoms with E-state index in [1.165, 1.54) is 11.3 Å². The first-order valence-corrected chi connectivity index (χ1v) is 10.0. The summed E-state index contributed by atoms with van der Waals surface area (Å²) in [6, 6.07) is 10.2. The second-order valence-electron chi connectivity index (χ2n) is 6.79. The molecular formula is C20H23N3O4S. The quantitative estimate of drug-likeness (QED) is 0.448. The summed E-state index contributed by atoms with van der Waals surface area (Å²) in [4.78, 5) is 40.0. The van der Waals surface area contributed by atoms with Gasteiger partial charge < -0.3 is 15.0 Å². The van der Waals surface area contributed by atoms with Gasteiger partial charge in [0.15, 0.2) is 0 Å². The van der Waals surface area contributed by atoms with Gasteiger partial charge in [-0.1, -0.05) is 32.0 Å². The van der Waals surface area contributed by atoms with Crippen molar-refractivity contribution < 1.29 is 14.3 Å². The van der Waals surface area contributed by atoms with Gasteiger partial charge in [-0.3, -0.25) is 9.36 Å². The number of para-hydroxylation sites is 2. The molecule has 148 valence electrons. The number of rotatable bonds is 8. The molecule has 0 aliphatic heterocycles. The number of aryl methyl sites for hydroxylation is 1. The summed E-state index contributed by atoms with van der Waals surface area (Å²) in [6.45, 7) is 4.31. The Hall–Kier alpha value is -2.87. The SMILES string of the molecule is CC(C)C(NC(=O)c1cccs1)C(=O)OCCCn1c(=O)[nH]c2ccccc21. The number of amides is 1. The molecule has 3 rings (SSSR count). The lowest BCUT2D eigenvalue weighted by molar-refractivity contribution is -0.147. The molecule has 0 spiro atoms. The highest BCUT2D eigenvalue weighted by molar-refractivity contribution is 7.12. The molecular weight excluding hydrogens is 378 g/mol. The van der Waals surface area contributed by atoms with Crippen molar-refractivity contribution in [2.75, 3.05) is 6.61 Å². The van der Waals surface area contributed by atoms with Crippen LogP contribution in [0.3, 0.4) is 0 Å². The molecule has 28 heavy (non-hydrogen) atoms. The van der Waals surface area contributed by atoms with Crippen molar-refractivity contribution in [1.29, 1.82) is 0 Å². The Kier molecular flexibility index (Phi) is 6.30. The number of thiophene rings is 1. The van der Waals surface area contributed by atoms with Gasteiger partial charge in [-0.2, -0.15) is 0 Å². The van der Waals surface area contributed by atoms with E-state index in [9.17, 15) is 14.4 Å². The normalized spacial score (nSPS) is 12.2. The maximum absolute atomic E-state index is 12.4. The number of esters is 1. The van der Waals surface area contributed by atoms with E-state index in [1.807, 2.05) is 43.5 Å². The van der Waals surface area contributed by atoms with E-state index in [4.69, 9.17) is 4.74 Å². The van der Waals surface area contributed by atoms with Crippen molar-refractivity contribution in [3.8, 4) is 0 Å². The average molecular weight is 401 g/mol. The molecule has 0 radical (unpaired) electrons. The minimum absolute atomic E-state index is 0.104. The fourth-order valence-electron chi connectivity index (χ4n) is 2.93. The summed E-state index contributed by atoms with van der Waals surface area (Å²) in [5, 5.41) is 4.55. The first-order valence-electron chi connectivity index (χ1n) is 9.16. The van der Waals surface area contributed by atoms with E-state index in [2.05, 4.69) is 10.3 Å². The number of aromatic nitrogens is 2. The first-order chi connectivity index (χ1) is 13.5. The Balaban J connectivity index is 1.54. The molecule has 0 bridgehead atoms. The van der Waals surface area contributed by atoms with E-state index >= 15 is 0 Å². The summed E-state index contributed by atoms with van der Waals surface area (Å²) < 4.78 is 6.98. The number of carbonyl (C=O) groups is 2. The zero-order chi connectivity index (χ0) is 20.1. The van der Waals surface area contributed by atoms with Crippen molar-refractivity contribution in [3.63, 3.8) is 0 Å². The van der Waals surface area contributed by atoms with Gasteiger partial charge in [0.2, 0.25) is 0 Å². The molecule has 0 fully saturated rings. The molecule has 1 amide bonds. The smallest absolute Gasteiger partial charge is 0.328 e. The maximum Gasteiger partial charge on any atom is 0.328 e. The molecule has 2 aromatic heterocycles. The van der Waals surface area contributed by atoms with Gasteiger partial charge in [-0.05, 0) is 35.9 Å². The Morgan fingerprint density at radius 1 is 1.21 bits per heavy atom. The Bertz CT molecular complexity index is 1000. The molecule has 2 heterocycles. The van der Waals surface area contributed by atoms with Crippen LogP contribution in [-0.2, 0) is 16.1 Å². The standard InChI is InChI=1S/C20H23N3O4S/c1-13(2)17(22-18(24)16-9-5-12-28-16)19(25)27-11-6-10-23-15-8-4-3-7-14(15)21-20(23)26/h3-5,7-9,12-13,17H,6,10-11H2,1-2H3,(H,21,26)(H,22,24). The monoisotopic (exact) mass is 401 g/mol. The van der Waals surface area contributed by atoms with Crippen LogP contribution in [-0.4, -0.2) is 34.1 Å². The predicted octanol–water partition coefficient (Wildman–Crippen LogP) is 2.78. The number of hydrogen-bond acceptors (Lipinski definition) is 5. The maximum atomic E-state index is 12.4. The number of H-pyrrole nitrogens is 1. The molecule has 1 unspecified atom stereocenters. The van der Waals surface area contributed by atoms with E-state index in [-0.39, 0.29) is 24.1 Å². The molecule has 0 saturated heterocycles. The number of nitrogens with one attached hydrogen (secondary N) is 2. The molecule has 0 aliphatic rings. The van der Waals surface area contributed by atoms with Gasteiger partial charge in [0, 0.05) is 6.54 Å². The third-order valence-corrected chi connectivity index (χ3v) is 5.27. The fraction of sp³-hybridized carbons (Fsp3) is 0.350. The lowest BCUT2D eigenvalue weighted by Crippen LogP contribution is -2.45. The lowest BCUT2D eigenvalue weighted by atomic mass is 10.0. The second-order valence-corrected chi connectivity index (χ2v) is 7.74. The van der Waals surface area contributed by atoms with Gasteiger partial charge in [-0.25, -0.2) is 9.59 Å². The summed E-state index contributed by atoms with van der Waals surface area (Å²) >= 11 is 1.32. The first kappa shape index (κ1) is 19.9. The zero-order valence-corrected chi connectivity index (χ0v) is 16.6. The second kappa shape index (κ2) is 8.88. The van der Waals surface area contributed by atoms with Crippen LogP contribution in [0.5, 0.6) is 0 Å². The summed E-state index contributed by atoms with van der Waals surface area (Å²) in [7, 11) is 0. The van der Waals surface area contributed by atoms with Crippen LogP contribution in [0.4, 0.5) is 0 Å². The highest BCUT2D eigenvalue weighted by Crippen LogP contribution is 2.12. The van der Waals surface area contributed by atoms with E-state index in [0.717, 1.165) is 11.0 Å². The highest BCUT2D eigenvalue weighted by Gasteiger charge is 2.26.